The second kappa shape index (κ2) is 5.98. The van der Waals surface area contributed by atoms with Gasteiger partial charge in [-0.15, -0.1) is 11.3 Å². The summed E-state index contributed by atoms with van der Waals surface area (Å²) in [5.41, 5.74) is 1.91. The Balaban J connectivity index is 2.05. The van der Waals surface area contributed by atoms with E-state index in [1.807, 2.05) is 30.5 Å². The van der Waals surface area contributed by atoms with Crippen molar-refractivity contribution in [2.75, 3.05) is 5.32 Å². The molecule has 1 unspecified atom stereocenters. The van der Waals surface area contributed by atoms with Gasteiger partial charge in [0.05, 0.1) is 17.7 Å². The van der Waals surface area contributed by atoms with Crippen molar-refractivity contribution in [2.24, 2.45) is 0 Å². The van der Waals surface area contributed by atoms with Gasteiger partial charge >= 0.3 is 0 Å². The molecule has 0 spiro atoms. The standard InChI is InChI=1S/C14H18N2OS/c1-3-14-16-9-11(18-14)8-15-13-7-5-4-6-12(13)10(2)17/h4-7,9-10,15,17H,3,8H2,1-2H3. The van der Waals surface area contributed by atoms with Crippen molar-refractivity contribution in [1.82, 2.24) is 4.98 Å². The molecule has 0 radical (unpaired) electrons. The van der Waals surface area contributed by atoms with Gasteiger partial charge in [0, 0.05) is 22.3 Å². The Hall–Kier alpha value is -1.39. The molecule has 3 nitrogen and oxygen atoms in total. The number of aliphatic hydroxyl groups excluding tert-OH is 1. The van der Waals surface area contributed by atoms with E-state index < -0.39 is 6.10 Å². The van der Waals surface area contributed by atoms with Gasteiger partial charge in [0.1, 0.15) is 0 Å². The zero-order valence-electron chi connectivity index (χ0n) is 10.7. The van der Waals surface area contributed by atoms with Crippen molar-refractivity contribution >= 4 is 17.0 Å². The molecule has 2 N–H and O–H groups in total. The molecule has 1 atom stereocenters. The highest BCUT2D eigenvalue weighted by molar-refractivity contribution is 7.11. The summed E-state index contributed by atoms with van der Waals surface area (Å²) in [6.07, 6.45) is 2.44. The summed E-state index contributed by atoms with van der Waals surface area (Å²) in [6.45, 7) is 4.64. The number of benzene rings is 1. The number of aryl methyl sites for hydroxylation is 1. The van der Waals surface area contributed by atoms with Crippen molar-refractivity contribution in [3.8, 4) is 0 Å². The maximum atomic E-state index is 9.69. The molecule has 2 rings (SSSR count). The third-order valence-corrected chi connectivity index (χ3v) is 3.91. The fourth-order valence-electron chi connectivity index (χ4n) is 1.80. The maximum absolute atomic E-state index is 9.69. The van der Waals surface area contributed by atoms with Gasteiger partial charge in [-0.2, -0.15) is 0 Å². The van der Waals surface area contributed by atoms with Crippen LogP contribution in [0, 0.1) is 0 Å². The zero-order chi connectivity index (χ0) is 13.0. The van der Waals surface area contributed by atoms with E-state index in [1.165, 1.54) is 4.88 Å². The van der Waals surface area contributed by atoms with E-state index >= 15 is 0 Å². The van der Waals surface area contributed by atoms with Crippen LogP contribution in [0.1, 0.15) is 35.4 Å². The minimum absolute atomic E-state index is 0.457. The van der Waals surface area contributed by atoms with Crippen molar-refractivity contribution in [1.29, 1.82) is 0 Å². The summed E-state index contributed by atoms with van der Waals surface area (Å²) in [7, 11) is 0. The Bertz CT molecular complexity index is 508. The molecule has 1 aromatic heterocycles. The summed E-state index contributed by atoms with van der Waals surface area (Å²) in [4.78, 5) is 5.55. The van der Waals surface area contributed by atoms with Crippen LogP contribution in [0.25, 0.3) is 0 Å². The molecule has 1 aromatic carbocycles. The lowest BCUT2D eigenvalue weighted by molar-refractivity contribution is 0.200. The van der Waals surface area contributed by atoms with Crippen LogP contribution >= 0.6 is 11.3 Å². The second-order valence-electron chi connectivity index (χ2n) is 4.19. The average Bonchev–Trinajstić information content (AvgIpc) is 2.84. The molecule has 4 heteroatoms. The molecule has 1 heterocycles. The van der Waals surface area contributed by atoms with E-state index in [1.54, 1.807) is 18.3 Å². The predicted octanol–water partition coefficient (Wildman–Crippen LogP) is 3.37. The fourth-order valence-corrected chi connectivity index (χ4v) is 2.60. The van der Waals surface area contributed by atoms with Gasteiger partial charge in [-0.05, 0) is 19.4 Å². The first-order chi connectivity index (χ1) is 8.70. The Morgan fingerprint density at radius 2 is 2.17 bits per heavy atom. The van der Waals surface area contributed by atoms with Gasteiger partial charge in [0.15, 0.2) is 0 Å². The van der Waals surface area contributed by atoms with Gasteiger partial charge in [0.25, 0.3) is 0 Å². The number of hydrogen-bond donors (Lipinski definition) is 2. The zero-order valence-corrected chi connectivity index (χ0v) is 11.5. The van der Waals surface area contributed by atoms with Crippen molar-refractivity contribution in [3.63, 3.8) is 0 Å². The highest BCUT2D eigenvalue weighted by Crippen LogP contribution is 2.23. The van der Waals surface area contributed by atoms with Crippen molar-refractivity contribution in [3.05, 3.63) is 45.9 Å². The molecule has 0 saturated carbocycles. The first-order valence-electron chi connectivity index (χ1n) is 6.15. The lowest BCUT2D eigenvalue weighted by Crippen LogP contribution is -2.03. The van der Waals surface area contributed by atoms with E-state index in [2.05, 4.69) is 17.2 Å². The Kier molecular flexibility index (Phi) is 4.33. The van der Waals surface area contributed by atoms with Gasteiger partial charge in [-0.25, -0.2) is 4.98 Å². The quantitative estimate of drug-likeness (QED) is 0.868. The molecule has 96 valence electrons. The number of rotatable bonds is 5. The lowest BCUT2D eigenvalue weighted by atomic mass is 10.1. The number of hydrogen-bond acceptors (Lipinski definition) is 4. The van der Waals surface area contributed by atoms with Gasteiger partial charge < -0.3 is 10.4 Å². The number of nitrogens with one attached hydrogen (secondary N) is 1. The summed E-state index contributed by atoms with van der Waals surface area (Å²) in [5, 5.41) is 14.2. The molecule has 0 saturated heterocycles. The summed E-state index contributed by atoms with van der Waals surface area (Å²) >= 11 is 1.73. The summed E-state index contributed by atoms with van der Waals surface area (Å²) in [6, 6.07) is 7.84. The number of anilines is 1. The van der Waals surface area contributed by atoms with Crippen LogP contribution in [0.3, 0.4) is 0 Å². The van der Waals surface area contributed by atoms with Crippen molar-refractivity contribution < 1.29 is 5.11 Å². The molecule has 0 aliphatic carbocycles. The Morgan fingerprint density at radius 3 is 2.83 bits per heavy atom. The molecule has 0 fully saturated rings. The third kappa shape index (κ3) is 3.09. The number of thiazole rings is 1. The van der Waals surface area contributed by atoms with E-state index in [0.717, 1.165) is 29.2 Å². The number of aliphatic hydroxyl groups is 1. The molecular weight excluding hydrogens is 244 g/mol. The summed E-state index contributed by atoms with van der Waals surface area (Å²) < 4.78 is 0. The molecule has 18 heavy (non-hydrogen) atoms. The normalized spacial score (nSPS) is 12.4. The van der Waals surface area contributed by atoms with Crippen LogP contribution in [-0.4, -0.2) is 10.1 Å². The highest BCUT2D eigenvalue weighted by Gasteiger charge is 2.07. The summed E-state index contributed by atoms with van der Waals surface area (Å²) in [5.74, 6) is 0. The van der Waals surface area contributed by atoms with Gasteiger partial charge in [-0.1, -0.05) is 25.1 Å². The van der Waals surface area contributed by atoms with E-state index in [4.69, 9.17) is 0 Å². The number of para-hydroxylation sites is 1. The molecule has 0 aliphatic rings. The van der Waals surface area contributed by atoms with Gasteiger partial charge in [0.2, 0.25) is 0 Å². The number of nitrogens with zero attached hydrogens (tertiary/aromatic N) is 1. The van der Waals surface area contributed by atoms with Crippen molar-refractivity contribution in [2.45, 2.75) is 32.9 Å². The Morgan fingerprint density at radius 1 is 1.39 bits per heavy atom. The average molecular weight is 262 g/mol. The van der Waals surface area contributed by atoms with Crippen LogP contribution in [0.5, 0.6) is 0 Å². The molecule has 0 amide bonds. The van der Waals surface area contributed by atoms with Gasteiger partial charge in [-0.3, -0.25) is 0 Å². The predicted molar refractivity (Wildman–Crippen MR) is 75.9 cm³/mol. The van der Waals surface area contributed by atoms with Crippen LogP contribution in [-0.2, 0) is 13.0 Å². The van der Waals surface area contributed by atoms with Crippen LogP contribution in [0.4, 0.5) is 5.69 Å². The second-order valence-corrected chi connectivity index (χ2v) is 5.39. The SMILES string of the molecule is CCc1ncc(CNc2ccccc2C(C)O)s1. The highest BCUT2D eigenvalue weighted by atomic mass is 32.1. The van der Waals surface area contributed by atoms with Crippen LogP contribution in [0.15, 0.2) is 30.5 Å². The van der Waals surface area contributed by atoms with E-state index in [9.17, 15) is 5.11 Å². The largest absolute Gasteiger partial charge is 0.389 e. The monoisotopic (exact) mass is 262 g/mol. The molecule has 0 aliphatic heterocycles. The molecule has 0 bridgehead atoms. The maximum Gasteiger partial charge on any atom is 0.0925 e. The number of aromatic nitrogens is 1. The first kappa shape index (κ1) is 13.1. The minimum Gasteiger partial charge on any atom is -0.389 e. The molecular formula is C14H18N2OS. The van der Waals surface area contributed by atoms with Crippen LogP contribution < -0.4 is 5.32 Å². The van der Waals surface area contributed by atoms with E-state index in [-0.39, 0.29) is 0 Å². The van der Waals surface area contributed by atoms with E-state index in [0.29, 0.717) is 0 Å². The lowest BCUT2D eigenvalue weighted by Gasteiger charge is -2.13. The fraction of sp³-hybridized carbons (Fsp3) is 0.357. The minimum atomic E-state index is -0.457. The first-order valence-corrected chi connectivity index (χ1v) is 6.96. The molecule has 2 aromatic rings. The third-order valence-electron chi connectivity index (χ3n) is 2.77. The van der Waals surface area contributed by atoms with Crippen LogP contribution in [0.2, 0.25) is 0 Å². The smallest absolute Gasteiger partial charge is 0.0925 e. The topological polar surface area (TPSA) is 45.2 Å². The Labute approximate surface area is 112 Å².